The lowest BCUT2D eigenvalue weighted by Crippen LogP contribution is -2.56. The molecule has 2 aliphatic rings. The second kappa shape index (κ2) is 3.87. The second-order valence-electron chi connectivity index (χ2n) is 4.33. The molecule has 0 unspecified atom stereocenters. The van der Waals surface area contributed by atoms with Crippen LogP contribution in [0.15, 0.2) is 0 Å². The van der Waals surface area contributed by atoms with Crippen LogP contribution in [0.2, 0.25) is 0 Å². The Balaban J connectivity index is 1.98. The number of rotatable bonds is 1. The normalized spacial score (nSPS) is 33.4. The number of hydrogen-bond donors (Lipinski definition) is 1. The van der Waals surface area contributed by atoms with Crippen LogP contribution in [0.4, 0.5) is 0 Å². The second-order valence-corrected chi connectivity index (χ2v) is 4.33. The number of amides is 1. The van der Waals surface area contributed by atoms with Crippen molar-refractivity contribution < 1.29 is 4.79 Å². The smallest absolute Gasteiger partial charge is 0.242 e. The minimum Gasteiger partial charge on any atom is -0.338 e. The Kier molecular flexibility index (Phi) is 2.74. The van der Waals surface area contributed by atoms with E-state index in [-0.39, 0.29) is 11.4 Å². The van der Waals surface area contributed by atoms with E-state index >= 15 is 0 Å². The number of piperazine rings is 1. The monoisotopic (exact) mass is 196 g/mol. The predicted octanol–water partition coefficient (Wildman–Crippen LogP) is -0.425. The van der Waals surface area contributed by atoms with E-state index in [9.17, 15) is 4.79 Å². The summed E-state index contributed by atoms with van der Waals surface area (Å²) in [6.07, 6.45) is 2.08. The van der Waals surface area contributed by atoms with Crippen LogP contribution in [0.3, 0.4) is 0 Å². The molecule has 1 amide bonds. The van der Waals surface area contributed by atoms with Crippen molar-refractivity contribution in [3.8, 4) is 0 Å². The third-order valence-corrected chi connectivity index (χ3v) is 3.18. The molecule has 0 spiro atoms. The quantitative estimate of drug-likeness (QED) is 0.619. The predicted molar refractivity (Wildman–Crippen MR) is 54.1 cm³/mol. The van der Waals surface area contributed by atoms with E-state index in [0.717, 1.165) is 45.6 Å². The van der Waals surface area contributed by atoms with Gasteiger partial charge in [-0.3, -0.25) is 4.79 Å². The molecule has 0 bridgehead atoms. The molecule has 79 valence electrons. The molecule has 2 heterocycles. The van der Waals surface area contributed by atoms with Gasteiger partial charge in [-0.1, -0.05) is 0 Å². The Hall–Kier alpha value is -0.610. The minimum absolute atomic E-state index is 0.268. The van der Waals surface area contributed by atoms with Crippen LogP contribution in [0.25, 0.3) is 0 Å². The topological polar surface area (TPSA) is 46.4 Å². The van der Waals surface area contributed by atoms with Crippen LogP contribution in [-0.2, 0) is 4.79 Å². The molecule has 0 saturated carbocycles. The van der Waals surface area contributed by atoms with E-state index in [4.69, 9.17) is 0 Å². The molecule has 2 rings (SSSR count). The van der Waals surface area contributed by atoms with Gasteiger partial charge in [0.05, 0.1) is 5.54 Å². The minimum atomic E-state index is -0.294. The Morgan fingerprint density at radius 2 is 2.14 bits per heavy atom. The Morgan fingerprint density at radius 3 is 2.71 bits per heavy atom. The summed E-state index contributed by atoms with van der Waals surface area (Å²) in [6.45, 7) is 6.21. The maximum absolute atomic E-state index is 12.1. The summed E-state index contributed by atoms with van der Waals surface area (Å²) in [5.41, 5.74) is -0.294. The standard InChI is InChI=1S/C10H18N3O/c1-10(3-2-4-12-10)9(14)13-7-5-11-6-8-13/h12H,2-8H2,1H3/t10-/m0/s1. The fourth-order valence-electron chi connectivity index (χ4n) is 2.24. The third kappa shape index (κ3) is 1.77. The SMILES string of the molecule is C[C@@]1(C(=O)N2CC[N]CC2)CCCN1. The van der Waals surface area contributed by atoms with Gasteiger partial charge in [0, 0.05) is 26.2 Å². The van der Waals surface area contributed by atoms with Gasteiger partial charge in [-0.2, -0.15) is 0 Å². The molecule has 14 heavy (non-hydrogen) atoms. The van der Waals surface area contributed by atoms with Gasteiger partial charge in [0.15, 0.2) is 0 Å². The van der Waals surface area contributed by atoms with Crippen molar-refractivity contribution in [3.05, 3.63) is 0 Å². The highest BCUT2D eigenvalue weighted by molar-refractivity contribution is 5.86. The molecule has 2 saturated heterocycles. The summed E-state index contributed by atoms with van der Waals surface area (Å²) in [4.78, 5) is 14.1. The number of carbonyl (C=O) groups is 1. The number of nitrogens with one attached hydrogen (secondary N) is 1. The van der Waals surface area contributed by atoms with Crippen molar-refractivity contribution in [2.45, 2.75) is 25.3 Å². The average molecular weight is 196 g/mol. The number of carbonyl (C=O) groups excluding carboxylic acids is 1. The summed E-state index contributed by atoms with van der Waals surface area (Å²) in [5, 5.41) is 7.55. The van der Waals surface area contributed by atoms with Crippen molar-refractivity contribution in [2.24, 2.45) is 0 Å². The fraction of sp³-hybridized carbons (Fsp3) is 0.900. The van der Waals surface area contributed by atoms with Gasteiger partial charge in [-0.15, -0.1) is 0 Å². The summed E-state index contributed by atoms with van der Waals surface area (Å²) >= 11 is 0. The van der Waals surface area contributed by atoms with Crippen LogP contribution in [0.1, 0.15) is 19.8 Å². The van der Waals surface area contributed by atoms with Crippen molar-refractivity contribution >= 4 is 5.91 Å². The Morgan fingerprint density at radius 1 is 1.43 bits per heavy atom. The first-order valence-corrected chi connectivity index (χ1v) is 5.40. The van der Waals surface area contributed by atoms with Crippen molar-refractivity contribution in [1.29, 1.82) is 0 Å². The first kappa shape index (κ1) is 9.93. The van der Waals surface area contributed by atoms with E-state index in [0.29, 0.717) is 0 Å². The van der Waals surface area contributed by atoms with Crippen molar-refractivity contribution in [2.75, 3.05) is 32.7 Å². The Labute approximate surface area is 85.0 Å². The van der Waals surface area contributed by atoms with E-state index in [1.165, 1.54) is 0 Å². The van der Waals surface area contributed by atoms with Gasteiger partial charge in [0.2, 0.25) is 5.91 Å². The van der Waals surface area contributed by atoms with Crippen LogP contribution in [0.5, 0.6) is 0 Å². The highest BCUT2D eigenvalue weighted by Crippen LogP contribution is 2.21. The molecule has 2 fully saturated rings. The molecule has 1 atom stereocenters. The number of nitrogens with zero attached hydrogens (tertiary/aromatic N) is 2. The third-order valence-electron chi connectivity index (χ3n) is 3.18. The largest absolute Gasteiger partial charge is 0.338 e. The maximum atomic E-state index is 12.1. The molecule has 2 aliphatic heterocycles. The highest BCUT2D eigenvalue weighted by atomic mass is 16.2. The lowest BCUT2D eigenvalue weighted by atomic mass is 9.98. The maximum Gasteiger partial charge on any atom is 0.242 e. The van der Waals surface area contributed by atoms with Crippen molar-refractivity contribution in [3.63, 3.8) is 0 Å². The van der Waals surface area contributed by atoms with E-state index in [2.05, 4.69) is 10.6 Å². The molecule has 0 aromatic heterocycles. The van der Waals surface area contributed by atoms with Gasteiger partial charge in [-0.25, -0.2) is 5.32 Å². The molecule has 1 radical (unpaired) electrons. The van der Waals surface area contributed by atoms with Gasteiger partial charge >= 0.3 is 0 Å². The van der Waals surface area contributed by atoms with Crippen LogP contribution < -0.4 is 10.6 Å². The molecule has 1 N–H and O–H groups in total. The summed E-state index contributed by atoms with van der Waals surface area (Å²) in [6, 6.07) is 0. The zero-order valence-corrected chi connectivity index (χ0v) is 8.75. The van der Waals surface area contributed by atoms with Crippen LogP contribution in [0, 0.1) is 0 Å². The molecular formula is C10H18N3O. The Bertz CT molecular complexity index is 217. The summed E-state index contributed by atoms with van der Waals surface area (Å²) < 4.78 is 0. The first-order chi connectivity index (χ1) is 6.72. The van der Waals surface area contributed by atoms with Crippen molar-refractivity contribution in [1.82, 2.24) is 15.5 Å². The lowest BCUT2D eigenvalue weighted by molar-refractivity contribution is -0.137. The summed E-state index contributed by atoms with van der Waals surface area (Å²) in [5.74, 6) is 0.268. The van der Waals surface area contributed by atoms with Gasteiger partial charge in [-0.05, 0) is 26.3 Å². The zero-order chi connectivity index (χ0) is 10.0. The molecule has 4 heteroatoms. The van der Waals surface area contributed by atoms with Crippen LogP contribution in [-0.4, -0.2) is 49.1 Å². The molecule has 0 aliphatic carbocycles. The van der Waals surface area contributed by atoms with E-state index < -0.39 is 0 Å². The van der Waals surface area contributed by atoms with Crippen LogP contribution >= 0.6 is 0 Å². The highest BCUT2D eigenvalue weighted by Gasteiger charge is 2.39. The van der Waals surface area contributed by atoms with Gasteiger partial charge in [0.25, 0.3) is 0 Å². The first-order valence-electron chi connectivity index (χ1n) is 5.40. The average Bonchev–Trinajstić information content (AvgIpc) is 2.67. The van der Waals surface area contributed by atoms with Gasteiger partial charge in [0.1, 0.15) is 0 Å². The number of hydrogen-bond acceptors (Lipinski definition) is 2. The molecular weight excluding hydrogens is 178 g/mol. The van der Waals surface area contributed by atoms with E-state index in [1.807, 2.05) is 11.8 Å². The molecule has 0 aromatic rings. The zero-order valence-electron chi connectivity index (χ0n) is 8.75. The summed E-state index contributed by atoms with van der Waals surface area (Å²) in [7, 11) is 0. The molecule has 0 aromatic carbocycles. The lowest BCUT2D eigenvalue weighted by Gasteiger charge is -2.34. The fourth-order valence-corrected chi connectivity index (χ4v) is 2.24. The van der Waals surface area contributed by atoms with Gasteiger partial charge < -0.3 is 10.2 Å². The van der Waals surface area contributed by atoms with E-state index in [1.54, 1.807) is 0 Å². The molecule has 4 nitrogen and oxygen atoms in total.